The zero-order valence-corrected chi connectivity index (χ0v) is 12.8. The second-order valence-electron chi connectivity index (χ2n) is 4.99. The van der Waals surface area contributed by atoms with Crippen LogP contribution in [0.3, 0.4) is 0 Å². The van der Waals surface area contributed by atoms with Crippen molar-refractivity contribution in [3.05, 3.63) is 72.5 Å². The van der Waals surface area contributed by atoms with E-state index in [9.17, 15) is 14.0 Å². The molecule has 0 amide bonds. The number of carbonyl (C=O) groups excluding carboxylic acids is 2. The molecule has 2 aliphatic rings. The standard InChI is InChI=1S/C18H16FN3O2/c1-2-3-5-8-12-11-15(16(20)18(24)17(12)23)22-21-14-10-7-4-6-9-13(14)19/h2-10,13,20-21H,1,11H2/b5-3-,12-8+,20-16?,22-15-. The molecular weight excluding hydrogens is 309 g/mol. The van der Waals surface area contributed by atoms with Crippen LogP contribution < -0.4 is 5.43 Å². The van der Waals surface area contributed by atoms with E-state index >= 15 is 0 Å². The fraction of sp³-hybridized carbons (Fsp3) is 0.111. The quantitative estimate of drug-likeness (QED) is 0.361. The molecule has 122 valence electrons. The van der Waals surface area contributed by atoms with Gasteiger partial charge in [-0.3, -0.25) is 20.4 Å². The molecule has 0 aromatic heterocycles. The van der Waals surface area contributed by atoms with Crippen LogP contribution in [0, 0.1) is 5.41 Å². The Kier molecular flexibility index (Phi) is 5.68. The molecule has 0 bridgehead atoms. The summed E-state index contributed by atoms with van der Waals surface area (Å²) >= 11 is 0. The molecule has 5 nitrogen and oxygen atoms in total. The van der Waals surface area contributed by atoms with Crippen molar-refractivity contribution in [3.63, 3.8) is 0 Å². The third kappa shape index (κ3) is 3.98. The summed E-state index contributed by atoms with van der Waals surface area (Å²) in [7, 11) is 0. The maximum Gasteiger partial charge on any atom is 0.252 e. The number of alkyl halides is 1. The number of hydrogen-bond donors (Lipinski definition) is 2. The van der Waals surface area contributed by atoms with E-state index in [2.05, 4.69) is 17.1 Å². The van der Waals surface area contributed by atoms with Gasteiger partial charge in [0.15, 0.2) is 6.17 Å². The predicted octanol–water partition coefficient (Wildman–Crippen LogP) is 2.51. The summed E-state index contributed by atoms with van der Waals surface area (Å²) in [6.45, 7) is 3.51. The van der Waals surface area contributed by atoms with Crippen molar-refractivity contribution in [1.29, 1.82) is 5.41 Å². The average molecular weight is 325 g/mol. The van der Waals surface area contributed by atoms with E-state index in [0.29, 0.717) is 0 Å². The van der Waals surface area contributed by atoms with Gasteiger partial charge in [-0.2, -0.15) is 5.10 Å². The van der Waals surface area contributed by atoms with Gasteiger partial charge in [0.25, 0.3) is 5.78 Å². The van der Waals surface area contributed by atoms with Crippen LogP contribution in [0.5, 0.6) is 0 Å². The van der Waals surface area contributed by atoms with E-state index in [-0.39, 0.29) is 23.4 Å². The molecule has 0 aromatic rings. The number of nitrogens with zero attached hydrogens (tertiary/aromatic N) is 1. The highest BCUT2D eigenvalue weighted by Crippen LogP contribution is 2.15. The van der Waals surface area contributed by atoms with Gasteiger partial charge in [-0.15, -0.1) is 0 Å². The van der Waals surface area contributed by atoms with Crippen molar-refractivity contribution in [2.24, 2.45) is 5.10 Å². The van der Waals surface area contributed by atoms with E-state index in [1.807, 2.05) is 0 Å². The fourth-order valence-corrected chi connectivity index (χ4v) is 2.03. The molecule has 2 N–H and O–H groups in total. The first-order valence-corrected chi connectivity index (χ1v) is 7.22. The molecule has 0 saturated heterocycles. The minimum Gasteiger partial charge on any atom is -0.295 e. The number of halogens is 1. The second kappa shape index (κ2) is 7.92. The third-order valence-corrected chi connectivity index (χ3v) is 3.31. The van der Waals surface area contributed by atoms with E-state index in [0.717, 1.165) is 0 Å². The van der Waals surface area contributed by atoms with Crippen molar-refractivity contribution < 1.29 is 14.0 Å². The zero-order chi connectivity index (χ0) is 17.5. The lowest BCUT2D eigenvalue weighted by atomic mass is 9.89. The Morgan fingerprint density at radius 3 is 2.79 bits per heavy atom. The predicted molar refractivity (Wildman–Crippen MR) is 91.6 cm³/mol. The first kappa shape index (κ1) is 17.2. The maximum absolute atomic E-state index is 13.8. The topological polar surface area (TPSA) is 82.4 Å². The van der Waals surface area contributed by atoms with Gasteiger partial charge in [-0.25, -0.2) is 4.39 Å². The third-order valence-electron chi connectivity index (χ3n) is 3.31. The monoisotopic (exact) mass is 325 g/mol. The largest absolute Gasteiger partial charge is 0.295 e. The zero-order valence-electron chi connectivity index (χ0n) is 12.8. The maximum atomic E-state index is 13.8. The average Bonchev–Trinajstić information content (AvgIpc) is 2.78. The highest BCUT2D eigenvalue weighted by molar-refractivity contribution is 6.84. The molecule has 1 saturated carbocycles. The Balaban J connectivity index is 2.23. The van der Waals surface area contributed by atoms with Gasteiger partial charge in [0.2, 0.25) is 5.78 Å². The molecule has 2 aliphatic carbocycles. The summed E-state index contributed by atoms with van der Waals surface area (Å²) in [6, 6.07) is 0. The van der Waals surface area contributed by atoms with Crippen molar-refractivity contribution in [3.8, 4) is 0 Å². The van der Waals surface area contributed by atoms with Crippen LogP contribution >= 0.6 is 0 Å². The summed E-state index contributed by atoms with van der Waals surface area (Å²) in [5, 5.41) is 11.7. The molecule has 1 atom stereocenters. The second-order valence-corrected chi connectivity index (χ2v) is 4.99. The van der Waals surface area contributed by atoms with Crippen LogP contribution in [0.1, 0.15) is 6.42 Å². The molecule has 0 aromatic carbocycles. The number of hydrogen-bond acceptors (Lipinski definition) is 5. The van der Waals surface area contributed by atoms with Crippen molar-refractivity contribution in [1.82, 2.24) is 5.43 Å². The van der Waals surface area contributed by atoms with Crippen molar-refractivity contribution in [2.45, 2.75) is 12.6 Å². The summed E-state index contributed by atoms with van der Waals surface area (Å²) in [4.78, 5) is 23.8. The molecular formula is C18H16FN3O2. The molecule has 1 unspecified atom stereocenters. The van der Waals surface area contributed by atoms with E-state index < -0.39 is 23.4 Å². The fourth-order valence-electron chi connectivity index (χ4n) is 2.03. The summed E-state index contributed by atoms with van der Waals surface area (Å²) in [5.41, 5.74) is 2.55. The van der Waals surface area contributed by atoms with Gasteiger partial charge in [0.05, 0.1) is 11.4 Å². The smallest absolute Gasteiger partial charge is 0.252 e. The molecule has 2 rings (SSSR count). The van der Waals surface area contributed by atoms with Crippen LogP contribution in [0.15, 0.2) is 77.6 Å². The Morgan fingerprint density at radius 1 is 1.25 bits per heavy atom. The van der Waals surface area contributed by atoms with Crippen LogP contribution in [0.25, 0.3) is 0 Å². The van der Waals surface area contributed by atoms with E-state index in [4.69, 9.17) is 5.41 Å². The van der Waals surface area contributed by atoms with Crippen LogP contribution in [-0.4, -0.2) is 29.2 Å². The molecule has 0 heterocycles. The van der Waals surface area contributed by atoms with Crippen LogP contribution in [0.4, 0.5) is 4.39 Å². The Morgan fingerprint density at radius 2 is 2.04 bits per heavy atom. The molecule has 0 aliphatic heterocycles. The van der Waals surface area contributed by atoms with E-state index in [1.165, 1.54) is 24.3 Å². The Hall–Kier alpha value is -3.15. The van der Waals surface area contributed by atoms with E-state index in [1.54, 1.807) is 30.4 Å². The SMILES string of the molecule is C=C/C=C\C=C1/C/C(=N/NC2=CC=CC=CC2F)C(=N)C(=O)C1=O. The number of rotatable bonds is 4. The number of hydrazone groups is 1. The number of ketones is 2. The van der Waals surface area contributed by atoms with Crippen molar-refractivity contribution >= 4 is 23.0 Å². The summed E-state index contributed by atoms with van der Waals surface area (Å²) in [5.74, 6) is -1.65. The van der Waals surface area contributed by atoms with Gasteiger partial charge in [0, 0.05) is 12.0 Å². The van der Waals surface area contributed by atoms with Gasteiger partial charge < -0.3 is 0 Å². The Bertz CT molecular complexity index is 767. The van der Waals surface area contributed by atoms with Crippen molar-refractivity contribution in [2.75, 3.05) is 0 Å². The highest BCUT2D eigenvalue weighted by atomic mass is 19.1. The minimum atomic E-state index is -1.37. The summed E-state index contributed by atoms with van der Waals surface area (Å²) < 4.78 is 13.8. The van der Waals surface area contributed by atoms with Gasteiger partial charge in [0.1, 0.15) is 5.71 Å². The van der Waals surface area contributed by atoms with Crippen LogP contribution in [-0.2, 0) is 9.59 Å². The number of nitrogens with one attached hydrogen (secondary N) is 2. The minimum absolute atomic E-state index is 0.0216. The lowest BCUT2D eigenvalue weighted by Crippen LogP contribution is -2.38. The molecule has 6 heteroatoms. The molecule has 1 fully saturated rings. The summed E-state index contributed by atoms with van der Waals surface area (Å²) in [6.07, 6.45) is 12.6. The molecule has 0 radical (unpaired) electrons. The first-order chi connectivity index (χ1) is 11.5. The molecule has 24 heavy (non-hydrogen) atoms. The van der Waals surface area contributed by atoms with Gasteiger partial charge >= 0.3 is 0 Å². The first-order valence-electron chi connectivity index (χ1n) is 7.22. The number of Topliss-reactive ketones (excluding diaryl/α,β-unsaturated/α-hetero) is 2. The lowest BCUT2D eigenvalue weighted by molar-refractivity contribution is -0.130. The highest BCUT2D eigenvalue weighted by Gasteiger charge is 2.33. The number of carbonyl (C=O) groups is 2. The lowest BCUT2D eigenvalue weighted by Gasteiger charge is -2.16. The normalized spacial score (nSPS) is 24.6. The van der Waals surface area contributed by atoms with Gasteiger partial charge in [-0.1, -0.05) is 49.1 Å². The number of allylic oxidation sites excluding steroid dienone is 10. The Labute approximate surface area is 138 Å². The van der Waals surface area contributed by atoms with Gasteiger partial charge in [-0.05, 0) is 12.2 Å². The van der Waals surface area contributed by atoms with Crippen LogP contribution in [0.2, 0.25) is 0 Å². The molecule has 0 spiro atoms.